The molecule has 0 atom stereocenters. The number of hydrogen-bond acceptors (Lipinski definition) is 6. The average Bonchev–Trinajstić information content (AvgIpc) is 3.49. The Bertz CT molecular complexity index is 1270. The van der Waals surface area contributed by atoms with Crippen LogP contribution in [-0.4, -0.2) is 32.6 Å². The number of furan rings is 1. The van der Waals surface area contributed by atoms with E-state index in [9.17, 15) is 4.79 Å². The van der Waals surface area contributed by atoms with Crippen molar-refractivity contribution in [3.63, 3.8) is 0 Å². The van der Waals surface area contributed by atoms with Crippen molar-refractivity contribution < 1.29 is 9.21 Å². The second-order valence-corrected chi connectivity index (χ2v) is 8.42. The standard InChI is InChI=1S/C23H17Cl2N5O2S/c24-17-7-5-16(6-8-17)22-28-29-23(30(22)19-11-9-18(25)10-12-19)33-15-21(31)27-26-13-1-3-20-4-2-14-32-20/h1-14H,15H2,(H,27,31)/b3-1-,26-13+. The quantitative estimate of drug-likeness (QED) is 0.190. The van der Waals surface area contributed by atoms with Crippen LogP contribution in [0.5, 0.6) is 0 Å². The second-order valence-electron chi connectivity index (χ2n) is 6.60. The van der Waals surface area contributed by atoms with Crippen LogP contribution in [0.25, 0.3) is 23.2 Å². The number of amides is 1. The second kappa shape index (κ2) is 11.0. The van der Waals surface area contributed by atoms with Crippen LogP contribution in [0.15, 0.2) is 87.7 Å². The van der Waals surface area contributed by atoms with E-state index in [1.165, 1.54) is 18.0 Å². The molecule has 2 aromatic heterocycles. The van der Waals surface area contributed by atoms with Crippen molar-refractivity contribution in [2.75, 3.05) is 5.75 Å². The molecule has 166 valence electrons. The highest BCUT2D eigenvalue weighted by molar-refractivity contribution is 7.99. The first-order valence-corrected chi connectivity index (χ1v) is 11.5. The molecule has 0 aliphatic carbocycles. The fraction of sp³-hybridized carbons (Fsp3) is 0.0435. The third kappa shape index (κ3) is 6.13. The number of benzene rings is 2. The molecule has 0 bridgehead atoms. The van der Waals surface area contributed by atoms with Gasteiger partial charge in [0.2, 0.25) is 0 Å². The largest absolute Gasteiger partial charge is 0.465 e. The molecule has 0 radical (unpaired) electrons. The third-order valence-corrected chi connectivity index (χ3v) is 5.74. The van der Waals surface area contributed by atoms with Gasteiger partial charge in [0.05, 0.1) is 12.0 Å². The molecule has 4 aromatic rings. The van der Waals surface area contributed by atoms with Gasteiger partial charge in [0.1, 0.15) is 5.76 Å². The van der Waals surface area contributed by atoms with E-state index in [0.29, 0.717) is 26.8 Å². The summed E-state index contributed by atoms with van der Waals surface area (Å²) in [7, 11) is 0. The van der Waals surface area contributed by atoms with Gasteiger partial charge in [0.15, 0.2) is 11.0 Å². The fourth-order valence-corrected chi connectivity index (χ4v) is 3.81. The van der Waals surface area contributed by atoms with Gasteiger partial charge in [-0.05, 0) is 72.8 Å². The Hall–Kier alpha value is -3.33. The molecule has 0 unspecified atom stereocenters. The van der Waals surface area contributed by atoms with Gasteiger partial charge >= 0.3 is 0 Å². The van der Waals surface area contributed by atoms with Gasteiger partial charge in [-0.25, -0.2) is 5.43 Å². The van der Waals surface area contributed by atoms with E-state index in [0.717, 1.165) is 11.3 Å². The summed E-state index contributed by atoms with van der Waals surface area (Å²) in [6, 6.07) is 18.2. The lowest BCUT2D eigenvalue weighted by atomic mass is 10.2. The maximum absolute atomic E-state index is 12.2. The summed E-state index contributed by atoms with van der Waals surface area (Å²) in [5, 5.41) is 14.3. The molecule has 0 saturated heterocycles. The van der Waals surface area contributed by atoms with Crippen LogP contribution < -0.4 is 5.43 Å². The maximum Gasteiger partial charge on any atom is 0.250 e. The summed E-state index contributed by atoms with van der Waals surface area (Å²) in [6.07, 6.45) is 6.45. The molecule has 33 heavy (non-hydrogen) atoms. The summed E-state index contributed by atoms with van der Waals surface area (Å²) in [5.41, 5.74) is 4.14. The molecule has 1 N–H and O–H groups in total. The van der Waals surface area contributed by atoms with Crippen LogP contribution in [0.4, 0.5) is 0 Å². The van der Waals surface area contributed by atoms with Crippen LogP contribution >= 0.6 is 35.0 Å². The highest BCUT2D eigenvalue weighted by atomic mass is 35.5. The van der Waals surface area contributed by atoms with Gasteiger partial charge in [-0.1, -0.05) is 35.0 Å². The molecular weight excluding hydrogens is 481 g/mol. The zero-order valence-corrected chi connectivity index (χ0v) is 19.4. The molecule has 2 heterocycles. The van der Waals surface area contributed by atoms with E-state index in [4.69, 9.17) is 27.6 Å². The Balaban J connectivity index is 1.47. The molecule has 1 amide bonds. The number of carbonyl (C=O) groups excluding carboxylic acids is 1. The zero-order chi connectivity index (χ0) is 23.0. The lowest BCUT2D eigenvalue weighted by molar-refractivity contribution is -0.118. The van der Waals surface area contributed by atoms with Crippen LogP contribution in [0, 0.1) is 0 Å². The van der Waals surface area contributed by atoms with Gasteiger partial charge in [0, 0.05) is 27.5 Å². The average molecular weight is 498 g/mol. The molecule has 0 fully saturated rings. The van der Waals surface area contributed by atoms with Gasteiger partial charge in [-0.3, -0.25) is 9.36 Å². The Morgan fingerprint density at radius 3 is 2.48 bits per heavy atom. The number of hydrogen-bond donors (Lipinski definition) is 1. The fourth-order valence-electron chi connectivity index (χ4n) is 2.81. The first kappa shape index (κ1) is 22.8. The van der Waals surface area contributed by atoms with E-state index < -0.39 is 0 Å². The molecule has 10 heteroatoms. The molecule has 7 nitrogen and oxygen atoms in total. The summed E-state index contributed by atoms with van der Waals surface area (Å²) in [4.78, 5) is 12.2. The van der Waals surface area contributed by atoms with Crippen molar-refractivity contribution in [1.82, 2.24) is 20.2 Å². The number of hydrazone groups is 1. The first-order valence-electron chi connectivity index (χ1n) is 9.72. The van der Waals surface area contributed by atoms with E-state index in [1.807, 2.05) is 34.9 Å². The normalized spacial score (nSPS) is 11.5. The van der Waals surface area contributed by atoms with Gasteiger partial charge in [-0.2, -0.15) is 5.10 Å². The minimum Gasteiger partial charge on any atom is -0.465 e. The van der Waals surface area contributed by atoms with Crippen molar-refractivity contribution in [2.24, 2.45) is 5.10 Å². The predicted molar refractivity (Wildman–Crippen MR) is 132 cm³/mol. The molecule has 2 aromatic carbocycles. The molecule has 0 spiro atoms. The SMILES string of the molecule is O=C(CSc1nnc(-c2ccc(Cl)cc2)n1-c1ccc(Cl)cc1)N/N=C/C=C\c1ccco1. The number of nitrogens with one attached hydrogen (secondary N) is 1. The van der Waals surface area contributed by atoms with Crippen LogP contribution in [0.1, 0.15) is 5.76 Å². The minimum atomic E-state index is -0.277. The van der Waals surface area contributed by atoms with Crippen LogP contribution in [0.3, 0.4) is 0 Å². The summed E-state index contributed by atoms with van der Waals surface area (Å²) < 4.78 is 7.04. The van der Waals surface area contributed by atoms with Crippen molar-refractivity contribution in [1.29, 1.82) is 0 Å². The van der Waals surface area contributed by atoms with E-state index in [1.54, 1.807) is 48.7 Å². The smallest absolute Gasteiger partial charge is 0.250 e. The van der Waals surface area contributed by atoms with Crippen molar-refractivity contribution in [3.8, 4) is 17.1 Å². The number of halogens is 2. The van der Waals surface area contributed by atoms with Gasteiger partial charge < -0.3 is 4.42 Å². The Morgan fingerprint density at radius 2 is 1.79 bits per heavy atom. The van der Waals surface area contributed by atoms with Gasteiger partial charge in [0.25, 0.3) is 5.91 Å². The number of nitrogens with zero attached hydrogens (tertiary/aromatic N) is 4. The lowest BCUT2D eigenvalue weighted by Crippen LogP contribution is -2.19. The predicted octanol–water partition coefficient (Wildman–Crippen LogP) is 5.74. The highest BCUT2D eigenvalue weighted by Gasteiger charge is 2.17. The lowest BCUT2D eigenvalue weighted by Gasteiger charge is -2.10. The molecule has 0 aliphatic heterocycles. The van der Waals surface area contributed by atoms with Crippen LogP contribution in [-0.2, 0) is 4.79 Å². The third-order valence-electron chi connectivity index (χ3n) is 4.31. The number of aromatic nitrogens is 3. The van der Waals surface area contributed by atoms with E-state index in [-0.39, 0.29) is 11.7 Å². The molecule has 4 rings (SSSR count). The van der Waals surface area contributed by atoms with E-state index >= 15 is 0 Å². The highest BCUT2D eigenvalue weighted by Crippen LogP contribution is 2.29. The van der Waals surface area contributed by atoms with Gasteiger partial charge in [-0.15, -0.1) is 10.2 Å². The molecular formula is C23H17Cl2N5O2S. The summed E-state index contributed by atoms with van der Waals surface area (Å²) >= 11 is 13.3. The number of rotatable bonds is 8. The Morgan fingerprint density at radius 1 is 1.06 bits per heavy atom. The first-order chi connectivity index (χ1) is 16.1. The van der Waals surface area contributed by atoms with Crippen molar-refractivity contribution >= 4 is 53.2 Å². The van der Waals surface area contributed by atoms with Crippen molar-refractivity contribution in [2.45, 2.75) is 5.16 Å². The van der Waals surface area contributed by atoms with Crippen molar-refractivity contribution in [3.05, 3.63) is 88.8 Å². The Labute approximate surface area is 204 Å². The molecule has 0 aliphatic rings. The van der Waals surface area contributed by atoms with E-state index in [2.05, 4.69) is 20.7 Å². The summed E-state index contributed by atoms with van der Waals surface area (Å²) in [6.45, 7) is 0. The topological polar surface area (TPSA) is 85.3 Å². The van der Waals surface area contributed by atoms with Crippen LogP contribution in [0.2, 0.25) is 10.0 Å². The number of carbonyl (C=O) groups is 1. The summed E-state index contributed by atoms with van der Waals surface area (Å²) in [5.74, 6) is 1.15. The monoisotopic (exact) mass is 497 g/mol. The number of allylic oxidation sites excluding steroid dienone is 1. The number of thioether (sulfide) groups is 1. The molecule has 0 saturated carbocycles. The Kier molecular flexibility index (Phi) is 7.62. The minimum absolute atomic E-state index is 0.103. The zero-order valence-electron chi connectivity index (χ0n) is 17.1. The maximum atomic E-state index is 12.2.